The van der Waals surface area contributed by atoms with Crippen molar-refractivity contribution in [2.75, 3.05) is 32.6 Å². The van der Waals surface area contributed by atoms with Crippen molar-refractivity contribution >= 4 is 10.0 Å². The number of ether oxygens (including phenoxy) is 1. The van der Waals surface area contributed by atoms with E-state index in [2.05, 4.69) is 4.72 Å². The van der Waals surface area contributed by atoms with E-state index in [1.54, 1.807) is 7.11 Å². The highest BCUT2D eigenvalue weighted by Crippen LogP contribution is 1.93. The fourth-order valence-electron chi connectivity index (χ4n) is 0.818. The van der Waals surface area contributed by atoms with Gasteiger partial charge in [0, 0.05) is 20.3 Å². The van der Waals surface area contributed by atoms with Crippen LogP contribution < -0.4 is 10.5 Å². The van der Waals surface area contributed by atoms with Crippen LogP contribution in [-0.2, 0) is 14.8 Å². The number of sulfonamides is 1. The maximum absolute atomic E-state index is 11.3. The number of rotatable bonds is 8. The van der Waals surface area contributed by atoms with Crippen molar-refractivity contribution < 1.29 is 13.2 Å². The van der Waals surface area contributed by atoms with Crippen LogP contribution >= 0.6 is 0 Å². The van der Waals surface area contributed by atoms with Crippen LogP contribution in [0.2, 0.25) is 0 Å². The third-order valence-corrected chi connectivity index (χ3v) is 3.25. The molecule has 0 amide bonds. The fourth-order valence-corrected chi connectivity index (χ4v) is 2.00. The van der Waals surface area contributed by atoms with Gasteiger partial charge in [0.15, 0.2) is 0 Å². The highest BCUT2D eigenvalue weighted by molar-refractivity contribution is 7.89. The van der Waals surface area contributed by atoms with Crippen LogP contribution in [0.4, 0.5) is 0 Å². The Kier molecular flexibility index (Phi) is 7.08. The van der Waals surface area contributed by atoms with Crippen LogP contribution in [-0.4, -0.2) is 41.0 Å². The molecule has 0 saturated carbocycles. The van der Waals surface area contributed by atoms with Crippen molar-refractivity contribution in [3.63, 3.8) is 0 Å². The summed E-state index contributed by atoms with van der Waals surface area (Å²) >= 11 is 0. The normalized spacial score (nSPS) is 14.2. The van der Waals surface area contributed by atoms with Gasteiger partial charge < -0.3 is 10.5 Å². The molecule has 0 aromatic rings. The van der Waals surface area contributed by atoms with E-state index in [9.17, 15) is 8.42 Å². The number of hydrogen-bond acceptors (Lipinski definition) is 4. The van der Waals surface area contributed by atoms with E-state index in [1.165, 1.54) is 0 Å². The number of hydrogen-bond donors (Lipinski definition) is 2. The van der Waals surface area contributed by atoms with Gasteiger partial charge in [-0.3, -0.25) is 0 Å². The number of methoxy groups -OCH3 is 1. The van der Waals surface area contributed by atoms with Gasteiger partial charge in [-0.2, -0.15) is 0 Å². The van der Waals surface area contributed by atoms with E-state index in [4.69, 9.17) is 10.5 Å². The molecule has 0 bridgehead atoms. The Morgan fingerprint density at radius 3 is 2.64 bits per heavy atom. The molecule has 0 saturated heterocycles. The average Bonchev–Trinajstić information content (AvgIpc) is 2.14. The smallest absolute Gasteiger partial charge is 0.211 e. The first-order valence-corrected chi connectivity index (χ1v) is 6.33. The van der Waals surface area contributed by atoms with E-state index in [0.29, 0.717) is 26.1 Å². The van der Waals surface area contributed by atoms with Crippen LogP contribution in [0.25, 0.3) is 0 Å². The second-order valence-corrected chi connectivity index (χ2v) is 5.28. The van der Waals surface area contributed by atoms with Gasteiger partial charge >= 0.3 is 0 Å². The highest BCUT2D eigenvalue weighted by Gasteiger charge is 2.10. The van der Waals surface area contributed by atoms with E-state index in [-0.39, 0.29) is 11.7 Å². The van der Waals surface area contributed by atoms with E-state index in [0.717, 1.165) is 0 Å². The largest absolute Gasteiger partial charge is 0.385 e. The van der Waals surface area contributed by atoms with Gasteiger partial charge in [0.1, 0.15) is 0 Å². The quantitative estimate of drug-likeness (QED) is 0.547. The van der Waals surface area contributed by atoms with Crippen molar-refractivity contribution in [1.82, 2.24) is 4.72 Å². The maximum atomic E-state index is 11.3. The Labute approximate surface area is 86.1 Å². The minimum atomic E-state index is -3.14. The first-order valence-electron chi connectivity index (χ1n) is 4.68. The van der Waals surface area contributed by atoms with Gasteiger partial charge in [-0.15, -0.1) is 0 Å². The molecule has 86 valence electrons. The van der Waals surface area contributed by atoms with Crippen molar-refractivity contribution in [3.05, 3.63) is 0 Å². The Bertz CT molecular complexity index is 229. The standard InChI is InChI=1S/C8H20N2O3S/c1-8(6-9)7-10-14(11,12)5-3-4-13-2/h8,10H,3-7,9H2,1-2H3. The molecular formula is C8H20N2O3S. The molecule has 1 unspecified atom stereocenters. The summed E-state index contributed by atoms with van der Waals surface area (Å²) in [6, 6.07) is 0. The Hall–Kier alpha value is -0.170. The molecule has 0 aromatic carbocycles. The molecule has 0 radical (unpaired) electrons. The van der Waals surface area contributed by atoms with Crippen LogP contribution in [0.1, 0.15) is 13.3 Å². The van der Waals surface area contributed by atoms with Crippen LogP contribution in [0.3, 0.4) is 0 Å². The summed E-state index contributed by atoms with van der Waals surface area (Å²) in [5.41, 5.74) is 5.37. The lowest BCUT2D eigenvalue weighted by Gasteiger charge is -2.10. The van der Waals surface area contributed by atoms with Gasteiger partial charge in [0.2, 0.25) is 10.0 Å². The van der Waals surface area contributed by atoms with Gasteiger partial charge in [-0.25, -0.2) is 13.1 Å². The van der Waals surface area contributed by atoms with Crippen LogP contribution in [0.15, 0.2) is 0 Å². The zero-order valence-corrected chi connectivity index (χ0v) is 9.64. The van der Waals surface area contributed by atoms with E-state index >= 15 is 0 Å². The van der Waals surface area contributed by atoms with Crippen molar-refractivity contribution in [3.8, 4) is 0 Å². The van der Waals surface area contributed by atoms with Crippen molar-refractivity contribution in [2.45, 2.75) is 13.3 Å². The second-order valence-electron chi connectivity index (χ2n) is 3.35. The molecule has 0 aliphatic heterocycles. The summed E-state index contributed by atoms with van der Waals surface area (Å²) in [5, 5.41) is 0. The summed E-state index contributed by atoms with van der Waals surface area (Å²) in [5.74, 6) is 0.283. The molecule has 1 atom stereocenters. The lowest BCUT2D eigenvalue weighted by molar-refractivity contribution is 0.199. The topological polar surface area (TPSA) is 81.4 Å². The van der Waals surface area contributed by atoms with Gasteiger partial charge in [-0.1, -0.05) is 6.92 Å². The van der Waals surface area contributed by atoms with E-state index in [1.807, 2.05) is 6.92 Å². The fraction of sp³-hybridized carbons (Fsp3) is 1.00. The average molecular weight is 224 g/mol. The van der Waals surface area contributed by atoms with Crippen LogP contribution in [0, 0.1) is 5.92 Å². The van der Waals surface area contributed by atoms with Gasteiger partial charge in [-0.05, 0) is 18.9 Å². The molecule has 0 aliphatic carbocycles. The predicted octanol–water partition coefficient (Wildman–Crippen LogP) is -0.463. The zero-order valence-electron chi connectivity index (χ0n) is 8.82. The molecule has 6 heteroatoms. The minimum Gasteiger partial charge on any atom is -0.385 e. The van der Waals surface area contributed by atoms with Crippen LogP contribution in [0.5, 0.6) is 0 Å². The molecule has 0 rings (SSSR count). The molecular weight excluding hydrogens is 204 g/mol. The minimum absolute atomic E-state index is 0.109. The SMILES string of the molecule is COCCCS(=O)(=O)NCC(C)CN. The summed E-state index contributed by atoms with van der Waals surface area (Å²) in [7, 11) is -1.59. The summed E-state index contributed by atoms with van der Waals surface area (Å²) < 4.78 is 29.9. The third-order valence-electron chi connectivity index (χ3n) is 1.82. The summed E-state index contributed by atoms with van der Waals surface area (Å²) in [6.07, 6.45) is 0.517. The molecule has 14 heavy (non-hydrogen) atoms. The molecule has 0 aromatic heterocycles. The second kappa shape index (κ2) is 7.17. The maximum Gasteiger partial charge on any atom is 0.211 e. The van der Waals surface area contributed by atoms with Crippen molar-refractivity contribution in [2.24, 2.45) is 11.7 Å². The summed E-state index contributed by atoms with van der Waals surface area (Å²) in [6.45, 7) is 3.26. The lowest BCUT2D eigenvalue weighted by atomic mass is 10.2. The number of nitrogens with two attached hydrogens (primary N) is 1. The monoisotopic (exact) mass is 224 g/mol. The Morgan fingerprint density at radius 2 is 2.14 bits per heavy atom. The lowest BCUT2D eigenvalue weighted by Crippen LogP contribution is -2.33. The first-order chi connectivity index (χ1) is 6.52. The molecule has 0 spiro atoms. The van der Waals surface area contributed by atoms with Gasteiger partial charge in [0.25, 0.3) is 0 Å². The molecule has 0 aliphatic rings. The highest BCUT2D eigenvalue weighted by atomic mass is 32.2. The predicted molar refractivity (Wildman–Crippen MR) is 56.5 cm³/mol. The Balaban J connectivity index is 3.73. The zero-order chi connectivity index (χ0) is 11.0. The van der Waals surface area contributed by atoms with E-state index < -0.39 is 10.0 Å². The first kappa shape index (κ1) is 13.8. The molecule has 0 heterocycles. The molecule has 0 fully saturated rings. The molecule has 3 N–H and O–H groups in total. The molecule has 5 nitrogen and oxygen atoms in total. The number of nitrogens with one attached hydrogen (secondary N) is 1. The summed E-state index contributed by atoms with van der Waals surface area (Å²) in [4.78, 5) is 0. The van der Waals surface area contributed by atoms with Gasteiger partial charge in [0.05, 0.1) is 5.75 Å². The third kappa shape index (κ3) is 7.25. The Morgan fingerprint density at radius 1 is 1.50 bits per heavy atom. The van der Waals surface area contributed by atoms with Crippen molar-refractivity contribution in [1.29, 1.82) is 0 Å².